The fraction of sp³-hybridized carbons (Fsp3) is 0.778. The van der Waals surface area contributed by atoms with Crippen molar-refractivity contribution in [3.63, 3.8) is 0 Å². The van der Waals surface area contributed by atoms with Crippen molar-refractivity contribution in [3.05, 3.63) is 0 Å². The van der Waals surface area contributed by atoms with Crippen molar-refractivity contribution in [2.45, 2.75) is 30.8 Å². The monoisotopic (exact) mass is 351 g/mol. The molecular weight excluding hydrogens is 329 g/mol. The van der Waals surface area contributed by atoms with Crippen molar-refractivity contribution in [2.75, 3.05) is 13.2 Å². The van der Waals surface area contributed by atoms with Crippen LogP contribution in [0.3, 0.4) is 0 Å². The molecule has 0 aromatic carbocycles. The van der Waals surface area contributed by atoms with E-state index in [0.29, 0.717) is 0 Å². The van der Waals surface area contributed by atoms with Gasteiger partial charge in [-0.15, -0.1) is 0 Å². The van der Waals surface area contributed by atoms with Crippen LogP contribution in [-0.2, 0) is 9.59 Å². The minimum absolute atomic E-state index is 0. The number of hydrogen-bond acceptors (Lipinski definition) is 8. The Hall–Kier alpha value is 1.10. The number of carboxylic acid groups (broad SMARTS) is 2. The zero-order chi connectivity index (χ0) is 15.6. The van der Waals surface area contributed by atoms with Gasteiger partial charge in [0.1, 0.15) is 24.4 Å². The van der Waals surface area contributed by atoms with Crippen LogP contribution >= 0.6 is 0 Å². The molecule has 0 saturated carbocycles. The molecule has 9 N–H and O–H groups in total. The molecule has 0 aromatic heterocycles. The van der Waals surface area contributed by atoms with Crippen molar-refractivity contribution >= 4 is 35.0 Å². The zero-order valence-corrected chi connectivity index (χ0v) is 16.2. The second-order valence-electron chi connectivity index (χ2n) is 3.53. The Kier molecular flexibility index (Phi) is 25.0. The summed E-state index contributed by atoms with van der Waals surface area (Å²) >= 11 is 0. The van der Waals surface area contributed by atoms with Crippen LogP contribution in [0.1, 0.15) is 10.7 Å². The largest absolute Gasteiger partial charge is 2.00 e. The SMILES string of the molecule is NC(CC(=O)O)C(=O)O.OCC(O)C(O)C(O)CO.[H-].[H-].[H-].[K+].[Mg+2]. The minimum atomic E-state index is -1.49. The number of rotatable bonds is 7. The molecule has 0 bridgehead atoms. The number of aliphatic hydroxyl groups is 5. The van der Waals surface area contributed by atoms with Gasteiger partial charge in [-0.1, -0.05) is 0 Å². The first kappa shape index (κ1) is 30.0. The third-order valence-corrected chi connectivity index (χ3v) is 1.87. The van der Waals surface area contributed by atoms with E-state index in [0.717, 1.165) is 0 Å². The van der Waals surface area contributed by atoms with Crippen molar-refractivity contribution in [1.29, 1.82) is 0 Å². The standard InChI is InChI=1S/C5H12O5.C4H7NO4.K.Mg.3H/c6-1-3(8)5(10)4(9)2-7;5-2(4(8)9)1-3(6)7;;;;;/h3-10H,1-2H2;2H,1,5H2,(H,6,7)(H,8,9);;;;;/q;;+1;+2;3*-1. The van der Waals surface area contributed by atoms with Crippen LogP contribution in [0, 0.1) is 0 Å². The number of carboxylic acids is 2. The fourth-order valence-corrected chi connectivity index (χ4v) is 0.748. The maximum absolute atomic E-state index is 9.85. The van der Waals surface area contributed by atoms with Gasteiger partial charge in [0.25, 0.3) is 0 Å². The van der Waals surface area contributed by atoms with Crippen molar-refractivity contribution in [1.82, 2.24) is 0 Å². The normalized spacial score (nSPS) is 15.0. The Labute approximate surface area is 184 Å². The van der Waals surface area contributed by atoms with E-state index in [9.17, 15) is 9.59 Å². The summed E-state index contributed by atoms with van der Waals surface area (Å²) in [5.74, 6) is -2.50. The molecule has 0 aliphatic heterocycles. The van der Waals surface area contributed by atoms with Crippen molar-refractivity contribution in [3.8, 4) is 0 Å². The summed E-state index contributed by atoms with van der Waals surface area (Å²) in [4.78, 5) is 19.6. The number of aliphatic carboxylic acids is 2. The van der Waals surface area contributed by atoms with Crippen LogP contribution in [0.5, 0.6) is 0 Å². The maximum atomic E-state index is 9.85. The third-order valence-electron chi connectivity index (χ3n) is 1.87. The first-order valence-electron chi connectivity index (χ1n) is 5.13. The zero-order valence-electron chi connectivity index (χ0n) is 14.7. The molecule has 120 valence electrons. The summed E-state index contributed by atoms with van der Waals surface area (Å²) in [6.07, 6.45) is -4.82. The molecule has 0 fully saturated rings. The summed E-state index contributed by atoms with van der Waals surface area (Å²) < 4.78 is 0. The molecule has 0 radical (unpaired) electrons. The molecule has 0 rings (SSSR count). The molecular formula is C9H22KMgNO9. The second kappa shape index (κ2) is 17.5. The topological polar surface area (TPSA) is 202 Å². The Morgan fingerprint density at radius 1 is 1.00 bits per heavy atom. The number of aliphatic hydroxyl groups excluding tert-OH is 5. The number of hydrogen-bond donors (Lipinski definition) is 8. The average molecular weight is 352 g/mol. The Morgan fingerprint density at radius 3 is 1.48 bits per heavy atom. The van der Waals surface area contributed by atoms with Crippen LogP contribution < -0.4 is 57.1 Å². The molecule has 0 spiro atoms. The molecule has 21 heavy (non-hydrogen) atoms. The summed E-state index contributed by atoms with van der Waals surface area (Å²) in [6, 6.07) is -1.29. The van der Waals surface area contributed by atoms with E-state index in [4.69, 9.17) is 41.5 Å². The molecule has 0 aromatic rings. The van der Waals surface area contributed by atoms with E-state index in [1.54, 1.807) is 0 Å². The Morgan fingerprint density at radius 2 is 1.33 bits per heavy atom. The molecule has 3 atom stereocenters. The summed E-state index contributed by atoms with van der Waals surface area (Å²) in [6.45, 7) is -1.28. The van der Waals surface area contributed by atoms with Gasteiger partial charge >= 0.3 is 86.4 Å². The molecule has 0 aliphatic carbocycles. The summed E-state index contributed by atoms with van der Waals surface area (Å²) in [5.41, 5.74) is 4.84. The van der Waals surface area contributed by atoms with Crippen LogP contribution in [-0.4, -0.2) is 108 Å². The number of carbonyl (C=O) groups is 2. The van der Waals surface area contributed by atoms with Crippen LogP contribution in [0.25, 0.3) is 0 Å². The predicted octanol–water partition coefficient (Wildman–Crippen LogP) is -7.11. The van der Waals surface area contributed by atoms with Gasteiger partial charge in [-0.05, 0) is 0 Å². The summed E-state index contributed by atoms with van der Waals surface area (Å²) in [7, 11) is 0. The van der Waals surface area contributed by atoms with E-state index in [1.807, 2.05) is 0 Å². The van der Waals surface area contributed by atoms with Gasteiger partial charge < -0.3 is 45.8 Å². The Balaban J connectivity index is -0.0000000400. The third kappa shape index (κ3) is 17.3. The molecule has 0 amide bonds. The van der Waals surface area contributed by atoms with Gasteiger partial charge in [0.15, 0.2) is 0 Å². The average Bonchev–Trinajstić information content (AvgIpc) is 2.35. The van der Waals surface area contributed by atoms with E-state index < -0.39 is 55.9 Å². The van der Waals surface area contributed by atoms with Gasteiger partial charge in [-0.2, -0.15) is 0 Å². The van der Waals surface area contributed by atoms with Crippen molar-refractivity contribution < 1.29 is 101 Å². The van der Waals surface area contributed by atoms with Gasteiger partial charge in [0.05, 0.1) is 19.6 Å². The molecule has 0 heterocycles. The van der Waals surface area contributed by atoms with E-state index in [1.165, 1.54) is 0 Å². The number of nitrogens with two attached hydrogens (primary N) is 1. The van der Waals surface area contributed by atoms with Gasteiger partial charge in [-0.25, -0.2) is 0 Å². The van der Waals surface area contributed by atoms with E-state index >= 15 is 0 Å². The maximum Gasteiger partial charge on any atom is 2.00 e. The molecule has 3 unspecified atom stereocenters. The molecule has 0 aliphatic rings. The first-order valence-corrected chi connectivity index (χ1v) is 5.13. The van der Waals surface area contributed by atoms with Crippen molar-refractivity contribution in [2.24, 2.45) is 5.73 Å². The summed E-state index contributed by atoms with van der Waals surface area (Å²) in [5, 5.41) is 58.6. The van der Waals surface area contributed by atoms with Gasteiger partial charge in [-0.3, -0.25) is 9.59 Å². The minimum Gasteiger partial charge on any atom is -1.00 e. The molecule has 0 saturated heterocycles. The predicted molar refractivity (Wildman–Crippen MR) is 69.1 cm³/mol. The van der Waals surface area contributed by atoms with Gasteiger partial charge in [0, 0.05) is 0 Å². The Bertz CT molecular complexity index is 287. The quantitative estimate of drug-likeness (QED) is 0.204. The van der Waals surface area contributed by atoms with Gasteiger partial charge in [0.2, 0.25) is 0 Å². The molecule has 10 nitrogen and oxygen atoms in total. The van der Waals surface area contributed by atoms with Crippen LogP contribution in [0.4, 0.5) is 0 Å². The fourth-order valence-electron chi connectivity index (χ4n) is 0.748. The van der Waals surface area contributed by atoms with E-state index in [-0.39, 0.29) is 78.7 Å². The van der Waals surface area contributed by atoms with Crippen LogP contribution in [0.15, 0.2) is 0 Å². The van der Waals surface area contributed by atoms with E-state index in [2.05, 4.69) is 0 Å². The van der Waals surface area contributed by atoms with Crippen LogP contribution in [0.2, 0.25) is 0 Å². The molecule has 12 heteroatoms. The second-order valence-corrected chi connectivity index (χ2v) is 3.53. The first-order chi connectivity index (χ1) is 8.67. The smallest absolute Gasteiger partial charge is 1.00 e.